The van der Waals surface area contributed by atoms with Crippen molar-refractivity contribution in [3.8, 4) is 0 Å². The third-order valence-corrected chi connectivity index (χ3v) is 4.74. The SMILES string of the molecule is NC(=O)c1ccc(C(F)(F)F)n(CC(=O)N[C@@H]2CCCc3ccccc32)c1=O. The van der Waals surface area contributed by atoms with E-state index in [0.29, 0.717) is 12.5 Å². The van der Waals surface area contributed by atoms with Crippen LogP contribution in [0, 0.1) is 0 Å². The summed E-state index contributed by atoms with van der Waals surface area (Å²) in [6.07, 6.45) is -2.54. The minimum Gasteiger partial charge on any atom is -0.365 e. The maximum absolute atomic E-state index is 13.3. The number of primary amides is 1. The molecule has 6 nitrogen and oxygen atoms in total. The predicted molar refractivity (Wildman–Crippen MR) is 94.5 cm³/mol. The van der Waals surface area contributed by atoms with Crippen LogP contribution in [0.3, 0.4) is 0 Å². The van der Waals surface area contributed by atoms with Crippen LogP contribution < -0.4 is 16.6 Å². The van der Waals surface area contributed by atoms with Crippen molar-refractivity contribution in [3.05, 3.63) is 69.1 Å². The zero-order valence-corrected chi connectivity index (χ0v) is 14.8. The summed E-state index contributed by atoms with van der Waals surface area (Å²) >= 11 is 0. The van der Waals surface area contributed by atoms with Gasteiger partial charge in [-0.2, -0.15) is 13.2 Å². The number of nitrogens with one attached hydrogen (secondary N) is 1. The molecule has 0 bridgehead atoms. The topological polar surface area (TPSA) is 94.2 Å². The van der Waals surface area contributed by atoms with E-state index in [4.69, 9.17) is 5.73 Å². The lowest BCUT2D eigenvalue weighted by molar-refractivity contribution is -0.144. The predicted octanol–water partition coefficient (Wildman–Crippen LogP) is 2.16. The van der Waals surface area contributed by atoms with Crippen molar-refractivity contribution >= 4 is 11.8 Å². The number of alkyl halides is 3. The summed E-state index contributed by atoms with van der Waals surface area (Å²) in [5, 5.41) is 2.70. The number of hydrogen-bond donors (Lipinski definition) is 2. The molecule has 0 radical (unpaired) electrons. The number of rotatable bonds is 4. The third-order valence-electron chi connectivity index (χ3n) is 4.74. The van der Waals surface area contributed by atoms with Crippen molar-refractivity contribution < 1.29 is 22.8 Å². The number of aromatic nitrogens is 1. The zero-order chi connectivity index (χ0) is 20.5. The van der Waals surface area contributed by atoms with E-state index in [-0.39, 0.29) is 10.6 Å². The van der Waals surface area contributed by atoms with Crippen LogP contribution in [0.2, 0.25) is 0 Å². The smallest absolute Gasteiger partial charge is 0.365 e. The van der Waals surface area contributed by atoms with Crippen molar-refractivity contribution in [3.63, 3.8) is 0 Å². The number of aryl methyl sites for hydroxylation is 1. The van der Waals surface area contributed by atoms with Gasteiger partial charge in [0.05, 0.1) is 6.04 Å². The fraction of sp³-hybridized carbons (Fsp3) is 0.316. The van der Waals surface area contributed by atoms with E-state index < -0.39 is 41.4 Å². The van der Waals surface area contributed by atoms with Crippen molar-refractivity contribution in [1.82, 2.24) is 9.88 Å². The molecule has 28 heavy (non-hydrogen) atoms. The Labute approximate surface area is 158 Å². The molecule has 2 aromatic rings. The molecule has 1 aromatic carbocycles. The number of hydrogen-bond acceptors (Lipinski definition) is 3. The van der Waals surface area contributed by atoms with Crippen molar-refractivity contribution in [2.24, 2.45) is 5.73 Å². The summed E-state index contributed by atoms with van der Waals surface area (Å²) in [6, 6.07) is 8.46. The summed E-state index contributed by atoms with van der Waals surface area (Å²) in [6.45, 7) is -0.868. The highest BCUT2D eigenvalue weighted by Gasteiger charge is 2.36. The molecule has 0 saturated carbocycles. The van der Waals surface area contributed by atoms with E-state index in [1.807, 2.05) is 24.3 Å². The molecule has 9 heteroatoms. The average Bonchev–Trinajstić information content (AvgIpc) is 2.62. The summed E-state index contributed by atoms with van der Waals surface area (Å²) in [4.78, 5) is 36.0. The molecular weight excluding hydrogens is 375 g/mol. The lowest BCUT2D eigenvalue weighted by atomic mass is 9.88. The lowest BCUT2D eigenvalue weighted by Crippen LogP contribution is -2.40. The van der Waals surface area contributed by atoms with Gasteiger partial charge in [-0.15, -0.1) is 0 Å². The number of halogens is 3. The number of carbonyl (C=O) groups is 2. The van der Waals surface area contributed by atoms with E-state index in [2.05, 4.69) is 5.32 Å². The van der Waals surface area contributed by atoms with Crippen LogP contribution >= 0.6 is 0 Å². The number of nitrogens with zero attached hydrogens (tertiary/aromatic N) is 1. The number of fused-ring (bicyclic) bond motifs is 1. The van der Waals surface area contributed by atoms with Gasteiger partial charge >= 0.3 is 6.18 Å². The summed E-state index contributed by atoms with van der Waals surface area (Å²) in [5.74, 6) is -1.91. The molecule has 0 spiro atoms. The maximum Gasteiger partial charge on any atom is 0.431 e. The van der Waals surface area contributed by atoms with Gasteiger partial charge in [0.15, 0.2) is 0 Å². The number of nitrogens with two attached hydrogens (primary N) is 1. The Bertz CT molecular complexity index is 982. The summed E-state index contributed by atoms with van der Waals surface area (Å²) in [5.41, 5.74) is 3.85. The minimum absolute atomic E-state index is 0.240. The highest BCUT2D eigenvalue weighted by molar-refractivity contribution is 5.92. The molecule has 1 atom stereocenters. The van der Waals surface area contributed by atoms with Crippen LogP contribution in [0.25, 0.3) is 0 Å². The molecule has 1 aliphatic rings. The average molecular weight is 393 g/mol. The standard InChI is InChI=1S/C19H18F3N3O3/c20-19(21,22)15-9-8-13(17(23)27)18(28)25(15)10-16(26)24-14-7-3-5-11-4-1-2-6-12(11)14/h1-2,4,6,8-9,14H,3,5,7,10H2,(H2,23,27)(H,24,26)/t14-/m1/s1. The number of amides is 2. The quantitative estimate of drug-likeness (QED) is 0.834. The van der Waals surface area contributed by atoms with Crippen molar-refractivity contribution in [2.45, 2.75) is 38.0 Å². The number of carbonyl (C=O) groups excluding carboxylic acids is 2. The van der Waals surface area contributed by atoms with E-state index in [1.54, 1.807) is 0 Å². The van der Waals surface area contributed by atoms with Gasteiger partial charge < -0.3 is 11.1 Å². The Morgan fingerprint density at radius 2 is 1.89 bits per heavy atom. The molecule has 1 heterocycles. The highest BCUT2D eigenvalue weighted by atomic mass is 19.4. The monoisotopic (exact) mass is 393 g/mol. The van der Waals surface area contributed by atoms with E-state index in [0.717, 1.165) is 30.0 Å². The van der Waals surface area contributed by atoms with Crippen LogP contribution in [0.4, 0.5) is 13.2 Å². The molecule has 0 saturated heterocycles. The third kappa shape index (κ3) is 3.92. The molecular formula is C19H18F3N3O3. The van der Waals surface area contributed by atoms with Gasteiger partial charge in [0.2, 0.25) is 5.91 Å². The van der Waals surface area contributed by atoms with E-state index >= 15 is 0 Å². The first-order valence-electron chi connectivity index (χ1n) is 8.66. The largest absolute Gasteiger partial charge is 0.431 e. The Balaban J connectivity index is 1.89. The Hall–Kier alpha value is -3.10. The molecule has 0 fully saturated rings. The zero-order valence-electron chi connectivity index (χ0n) is 14.8. The van der Waals surface area contributed by atoms with Gasteiger partial charge in [-0.3, -0.25) is 19.0 Å². The summed E-state index contributed by atoms with van der Waals surface area (Å²) in [7, 11) is 0. The normalized spacial score (nSPS) is 16.3. The molecule has 0 aliphatic heterocycles. The Morgan fingerprint density at radius 3 is 2.57 bits per heavy atom. The Kier molecular flexibility index (Phi) is 5.26. The van der Waals surface area contributed by atoms with Crippen LogP contribution in [0.5, 0.6) is 0 Å². The van der Waals surface area contributed by atoms with Gasteiger partial charge in [0.1, 0.15) is 17.8 Å². The fourth-order valence-electron chi connectivity index (χ4n) is 3.46. The van der Waals surface area contributed by atoms with Gasteiger partial charge in [-0.05, 0) is 42.5 Å². The van der Waals surface area contributed by atoms with Crippen LogP contribution in [0.15, 0.2) is 41.2 Å². The van der Waals surface area contributed by atoms with Crippen molar-refractivity contribution in [2.75, 3.05) is 0 Å². The van der Waals surface area contributed by atoms with Crippen molar-refractivity contribution in [1.29, 1.82) is 0 Å². The van der Waals surface area contributed by atoms with E-state index in [1.165, 1.54) is 0 Å². The molecule has 0 unspecified atom stereocenters. The molecule has 3 rings (SSSR count). The summed E-state index contributed by atoms with van der Waals surface area (Å²) < 4.78 is 40.0. The first-order valence-corrected chi connectivity index (χ1v) is 8.66. The van der Waals surface area contributed by atoms with E-state index in [9.17, 15) is 27.6 Å². The molecule has 148 valence electrons. The fourth-order valence-corrected chi connectivity index (χ4v) is 3.46. The van der Waals surface area contributed by atoms with Crippen LogP contribution in [0.1, 0.15) is 46.1 Å². The number of pyridine rings is 1. The maximum atomic E-state index is 13.3. The molecule has 2 amide bonds. The minimum atomic E-state index is -4.87. The van der Waals surface area contributed by atoms with Gasteiger partial charge in [0, 0.05) is 0 Å². The second kappa shape index (κ2) is 7.49. The molecule has 1 aromatic heterocycles. The lowest BCUT2D eigenvalue weighted by Gasteiger charge is -2.26. The van der Waals surface area contributed by atoms with Gasteiger partial charge in [-0.1, -0.05) is 24.3 Å². The van der Waals surface area contributed by atoms with Gasteiger partial charge in [0.25, 0.3) is 11.5 Å². The molecule has 1 aliphatic carbocycles. The second-order valence-corrected chi connectivity index (χ2v) is 6.60. The van der Waals surface area contributed by atoms with Crippen LogP contribution in [-0.2, 0) is 23.9 Å². The molecule has 3 N–H and O–H groups in total. The first kappa shape index (κ1) is 19.7. The van der Waals surface area contributed by atoms with Crippen LogP contribution in [-0.4, -0.2) is 16.4 Å². The highest BCUT2D eigenvalue weighted by Crippen LogP contribution is 2.30. The van der Waals surface area contributed by atoms with Gasteiger partial charge in [-0.25, -0.2) is 0 Å². The number of benzene rings is 1. The first-order chi connectivity index (χ1) is 13.2. The Morgan fingerprint density at radius 1 is 1.18 bits per heavy atom. The second-order valence-electron chi connectivity index (χ2n) is 6.60.